The van der Waals surface area contributed by atoms with Crippen LogP contribution in [0, 0.1) is 23.7 Å². The molecule has 2 bridgehead atoms. The van der Waals surface area contributed by atoms with E-state index in [9.17, 15) is 9.59 Å². The summed E-state index contributed by atoms with van der Waals surface area (Å²) >= 11 is 0. The van der Waals surface area contributed by atoms with E-state index in [4.69, 9.17) is 0 Å². The SMILES string of the molecule is CCCNC(=NC)NCCCN1C(=O)C2C3C=CC(C3)C2C1=O.I. The molecule has 1 heterocycles. The highest BCUT2D eigenvalue weighted by Crippen LogP contribution is 2.52. The van der Waals surface area contributed by atoms with E-state index < -0.39 is 0 Å². The molecule has 4 atom stereocenters. The Hall–Kier alpha value is -1.12. The van der Waals surface area contributed by atoms with Gasteiger partial charge in [0, 0.05) is 26.7 Å². The molecule has 2 aliphatic carbocycles. The molecule has 134 valence electrons. The van der Waals surface area contributed by atoms with Gasteiger partial charge < -0.3 is 10.6 Å². The first-order chi connectivity index (χ1) is 11.2. The number of amides is 2. The van der Waals surface area contributed by atoms with Gasteiger partial charge in [0.1, 0.15) is 0 Å². The van der Waals surface area contributed by atoms with Crippen LogP contribution in [0.15, 0.2) is 17.1 Å². The van der Waals surface area contributed by atoms with Crippen molar-refractivity contribution in [2.45, 2.75) is 26.2 Å². The predicted octanol–water partition coefficient (Wildman–Crippen LogP) is 1.38. The number of nitrogens with one attached hydrogen (secondary N) is 2. The Kier molecular flexibility index (Phi) is 6.65. The third-order valence-electron chi connectivity index (χ3n) is 5.18. The van der Waals surface area contributed by atoms with Crippen LogP contribution in [0.3, 0.4) is 0 Å². The topological polar surface area (TPSA) is 73.8 Å². The third kappa shape index (κ3) is 3.45. The lowest BCUT2D eigenvalue weighted by Crippen LogP contribution is -2.40. The number of imide groups is 1. The summed E-state index contributed by atoms with van der Waals surface area (Å²) in [5, 5.41) is 6.42. The predicted molar refractivity (Wildman–Crippen MR) is 104 cm³/mol. The van der Waals surface area contributed by atoms with E-state index in [0.29, 0.717) is 24.9 Å². The van der Waals surface area contributed by atoms with Crippen LogP contribution in [0.4, 0.5) is 0 Å². The summed E-state index contributed by atoms with van der Waals surface area (Å²) in [6.07, 6.45) is 7.03. The van der Waals surface area contributed by atoms with Gasteiger partial charge in [-0.1, -0.05) is 19.1 Å². The minimum absolute atomic E-state index is 0. The van der Waals surface area contributed by atoms with Crippen LogP contribution in [-0.4, -0.2) is 49.4 Å². The van der Waals surface area contributed by atoms with Crippen LogP contribution in [0.5, 0.6) is 0 Å². The number of likely N-dealkylation sites (tertiary alicyclic amines) is 1. The van der Waals surface area contributed by atoms with Crippen LogP contribution >= 0.6 is 24.0 Å². The van der Waals surface area contributed by atoms with E-state index >= 15 is 0 Å². The number of allylic oxidation sites excluding steroid dienone is 2. The number of carbonyl (C=O) groups excluding carboxylic acids is 2. The van der Waals surface area contributed by atoms with E-state index in [0.717, 1.165) is 31.8 Å². The number of carbonyl (C=O) groups is 2. The van der Waals surface area contributed by atoms with Gasteiger partial charge in [-0.25, -0.2) is 0 Å². The molecule has 2 N–H and O–H groups in total. The number of hydrogen-bond donors (Lipinski definition) is 2. The van der Waals surface area contributed by atoms with Crippen LogP contribution in [0.1, 0.15) is 26.2 Å². The van der Waals surface area contributed by atoms with Crippen molar-refractivity contribution in [1.29, 1.82) is 0 Å². The van der Waals surface area contributed by atoms with E-state index in [2.05, 4.69) is 34.7 Å². The lowest BCUT2D eigenvalue weighted by Gasteiger charge is -2.17. The molecule has 6 nitrogen and oxygen atoms in total. The Morgan fingerprint density at radius 1 is 1.17 bits per heavy atom. The first-order valence-electron chi connectivity index (χ1n) is 8.65. The fourth-order valence-corrected chi connectivity index (χ4v) is 4.09. The van der Waals surface area contributed by atoms with Crippen molar-refractivity contribution in [3.05, 3.63) is 12.2 Å². The molecule has 0 spiro atoms. The quantitative estimate of drug-likeness (QED) is 0.162. The number of aliphatic imine (C=N–C) groups is 1. The molecular weight excluding hydrogens is 419 g/mol. The van der Waals surface area contributed by atoms with Crippen LogP contribution in [0.2, 0.25) is 0 Å². The van der Waals surface area contributed by atoms with Crippen molar-refractivity contribution in [3.8, 4) is 0 Å². The zero-order chi connectivity index (χ0) is 16.4. The maximum Gasteiger partial charge on any atom is 0.233 e. The first-order valence-corrected chi connectivity index (χ1v) is 8.65. The fourth-order valence-electron chi connectivity index (χ4n) is 4.09. The summed E-state index contributed by atoms with van der Waals surface area (Å²) in [6.45, 7) is 4.18. The van der Waals surface area contributed by atoms with Gasteiger partial charge in [-0.3, -0.25) is 19.5 Å². The number of hydrogen-bond acceptors (Lipinski definition) is 3. The maximum atomic E-state index is 12.5. The van der Waals surface area contributed by atoms with Gasteiger partial charge in [0.05, 0.1) is 11.8 Å². The van der Waals surface area contributed by atoms with Gasteiger partial charge in [-0.15, -0.1) is 24.0 Å². The smallest absolute Gasteiger partial charge is 0.233 e. The van der Waals surface area contributed by atoms with Gasteiger partial charge in [0.2, 0.25) is 11.8 Å². The second-order valence-corrected chi connectivity index (χ2v) is 6.61. The average molecular weight is 446 g/mol. The molecule has 1 saturated heterocycles. The number of guanidine groups is 1. The number of fused-ring (bicyclic) bond motifs is 5. The molecule has 0 aromatic carbocycles. The number of halogens is 1. The largest absolute Gasteiger partial charge is 0.356 e. The standard InChI is InChI=1S/C17H26N4O2.HI/c1-3-7-19-17(18-2)20-8-4-9-21-15(22)13-11-5-6-12(10-11)14(13)16(21)23;/h5-6,11-14H,3-4,7-10H2,1-2H3,(H2,18,19,20);1H. The van der Waals surface area contributed by atoms with E-state index in [-0.39, 0.29) is 47.6 Å². The van der Waals surface area contributed by atoms with Crippen molar-refractivity contribution in [2.24, 2.45) is 28.7 Å². The molecule has 7 heteroatoms. The molecule has 0 radical (unpaired) electrons. The lowest BCUT2D eigenvalue weighted by molar-refractivity contribution is -0.140. The van der Waals surface area contributed by atoms with Crippen molar-refractivity contribution in [2.75, 3.05) is 26.7 Å². The fraction of sp³-hybridized carbons (Fsp3) is 0.706. The van der Waals surface area contributed by atoms with Gasteiger partial charge in [-0.2, -0.15) is 0 Å². The number of rotatable bonds is 6. The van der Waals surface area contributed by atoms with E-state index in [1.54, 1.807) is 7.05 Å². The summed E-state index contributed by atoms with van der Waals surface area (Å²) in [6, 6.07) is 0. The highest BCUT2D eigenvalue weighted by molar-refractivity contribution is 14.0. The molecule has 0 aromatic rings. The molecule has 3 rings (SSSR count). The van der Waals surface area contributed by atoms with Crippen LogP contribution in [0.25, 0.3) is 0 Å². The molecule has 1 aliphatic heterocycles. The Morgan fingerprint density at radius 2 is 1.75 bits per heavy atom. The monoisotopic (exact) mass is 446 g/mol. The molecular formula is C17H27IN4O2. The summed E-state index contributed by atoms with van der Waals surface area (Å²) in [7, 11) is 1.74. The zero-order valence-corrected chi connectivity index (χ0v) is 16.7. The molecule has 3 aliphatic rings. The summed E-state index contributed by atoms with van der Waals surface area (Å²) in [5.41, 5.74) is 0. The second kappa shape index (κ2) is 8.31. The van der Waals surface area contributed by atoms with Gasteiger partial charge in [0.25, 0.3) is 0 Å². The third-order valence-corrected chi connectivity index (χ3v) is 5.18. The Morgan fingerprint density at radius 3 is 2.29 bits per heavy atom. The van der Waals surface area contributed by atoms with Crippen LogP contribution < -0.4 is 10.6 Å². The minimum Gasteiger partial charge on any atom is -0.356 e. The molecule has 2 amide bonds. The van der Waals surface area contributed by atoms with Gasteiger partial charge in [0.15, 0.2) is 5.96 Å². The Bertz CT molecular complexity index is 519. The lowest BCUT2D eigenvalue weighted by atomic mass is 9.85. The van der Waals surface area contributed by atoms with E-state index in [1.807, 2.05) is 0 Å². The van der Waals surface area contributed by atoms with Crippen molar-refractivity contribution in [1.82, 2.24) is 15.5 Å². The molecule has 0 aromatic heterocycles. The summed E-state index contributed by atoms with van der Waals surface area (Å²) in [4.78, 5) is 30.7. The van der Waals surface area contributed by atoms with Gasteiger partial charge in [-0.05, 0) is 31.1 Å². The van der Waals surface area contributed by atoms with Crippen LogP contribution in [-0.2, 0) is 9.59 Å². The first kappa shape index (κ1) is 19.2. The number of nitrogens with zero attached hydrogens (tertiary/aromatic N) is 2. The highest BCUT2D eigenvalue weighted by atomic mass is 127. The summed E-state index contributed by atoms with van der Waals surface area (Å²) in [5.74, 6) is 1.29. The molecule has 2 fully saturated rings. The Balaban J connectivity index is 0.00000208. The zero-order valence-electron chi connectivity index (χ0n) is 14.3. The minimum atomic E-state index is -0.0792. The Labute approximate surface area is 160 Å². The molecule has 1 saturated carbocycles. The van der Waals surface area contributed by atoms with Crippen molar-refractivity contribution < 1.29 is 9.59 Å². The van der Waals surface area contributed by atoms with E-state index in [1.165, 1.54) is 4.90 Å². The van der Waals surface area contributed by atoms with Crippen molar-refractivity contribution >= 4 is 41.8 Å². The average Bonchev–Trinajstić information content (AvgIpc) is 3.23. The normalized spacial score (nSPS) is 30.6. The second-order valence-electron chi connectivity index (χ2n) is 6.61. The summed E-state index contributed by atoms with van der Waals surface area (Å²) < 4.78 is 0. The molecule has 4 unspecified atom stereocenters. The maximum absolute atomic E-state index is 12.5. The molecule has 24 heavy (non-hydrogen) atoms. The van der Waals surface area contributed by atoms with Crippen molar-refractivity contribution in [3.63, 3.8) is 0 Å². The van der Waals surface area contributed by atoms with Gasteiger partial charge >= 0.3 is 0 Å². The highest BCUT2D eigenvalue weighted by Gasteiger charge is 2.58.